The Bertz CT molecular complexity index is 3350. The standard InChI is InChI=1S/C60H46N2/c1-59(2)52-24-11-8-20-47(52)48-34-32-44(37-54(48)59)61(42-30-28-40(29-31-42)39-16-6-5-7-17-39)45-33-35-51-55(38-45)60(3,4)53-25-15-23-46(58(51)53)41-18-14-19-43(36-41)62-56-26-12-9-21-49(56)50-22-10-13-27-57(50)62/h5-38H,1-4H3. The van der Waals surface area contributed by atoms with Gasteiger partial charge >= 0.3 is 0 Å². The van der Waals surface area contributed by atoms with E-state index < -0.39 is 0 Å². The van der Waals surface area contributed by atoms with Gasteiger partial charge in [-0.15, -0.1) is 0 Å². The van der Waals surface area contributed by atoms with E-state index in [0.29, 0.717) is 0 Å². The highest BCUT2D eigenvalue weighted by Crippen LogP contribution is 2.55. The molecule has 0 bridgehead atoms. The van der Waals surface area contributed by atoms with Crippen LogP contribution in [0.2, 0.25) is 0 Å². The second kappa shape index (κ2) is 13.5. The first-order chi connectivity index (χ1) is 30.3. The number of fused-ring (bicyclic) bond motifs is 9. The van der Waals surface area contributed by atoms with Crippen molar-refractivity contribution in [3.8, 4) is 50.2 Å². The minimum absolute atomic E-state index is 0.110. The minimum atomic E-state index is -0.217. The molecule has 0 N–H and O–H groups in total. The molecule has 2 aliphatic carbocycles. The Balaban J connectivity index is 0.998. The van der Waals surface area contributed by atoms with Gasteiger partial charge in [0.2, 0.25) is 0 Å². The van der Waals surface area contributed by atoms with Gasteiger partial charge in [-0.1, -0.05) is 173 Å². The molecule has 0 radical (unpaired) electrons. The van der Waals surface area contributed by atoms with E-state index in [9.17, 15) is 0 Å². The first kappa shape index (κ1) is 36.4. The summed E-state index contributed by atoms with van der Waals surface area (Å²) in [6.07, 6.45) is 0. The summed E-state index contributed by atoms with van der Waals surface area (Å²) in [6.45, 7) is 9.53. The number of hydrogen-bond donors (Lipinski definition) is 0. The largest absolute Gasteiger partial charge is 0.310 e. The third kappa shape index (κ3) is 5.36. The summed E-state index contributed by atoms with van der Waals surface area (Å²) in [7, 11) is 0. The molecule has 296 valence electrons. The quantitative estimate of drug-likeness (QED) is 0.163. The van der Waals surface area contributed by atoms with E-state index in [2.05, 4.69) is 243 Å². The number of hydrogen-bond acceptors (Lipinski definition) is 1. The molecule has 1 heterocycles. The molecule has 2 heteroatoms. The fraction of sp³-hybridized carbons (Fsp3) is 0.100. The second-order valence-corrected chi connectivity index (χ2v) is 18.2. The van der Waals surface area contributed by atoms with Gasteiger partial charge in [-0.05, 0) is 127 Å². The van der Waals surface area contributed by atoms with Crippen LogP contribution in [-0.2, 0) is 10.8 Å². The third-order valence-corrected chi connectivity index (χ3v) is 14.0. The number of benzene rings is 9. The lowest BCUT2D eigenvalue weighted by molar-refractivity contribution is 0.660. The van der Waals surface area contributed by atoms with Crippen molar-refractivity contribution in [2.45, 2.75) is 38.5 Å². The van der Waals surface area contributed by atoms with Gasteiger partial charge in [0.1, 0.15) is 0 Å². The summed E-state index contributed by atoms with van der Waals surface area (Å²) in [4.78, 5) is 2.46. The number of nitrogens with zero attached hydrogens (tertiary/aromatic N) is 2. The van der Waals surface area contributed by atoms with Gasteiger partial charge < -0.3 is 9.47 Å². The van der Waals surface area contributed by atoms with E-state index in [1.54, 1.807) is 0 Å². The van der Waals surface area contributed by atoms with Crippen molar-refractivity contribution in [1.29, 1.82) is 0 Å². The fourth-order valence-corrected chi connectivity index (χ4v) is 10.9. The van der Waals surface area contributed by atoms with Gasteiger partial charge in [0, 0.05) is 44.4 Å². The second-order valence-electron chi connectivity index (χ2n) is 18.2. The molecule has 0 fully saturated rings. The molecule has 0 spiro atoms. The Hall–Kier alpha value is -7.42. The minimum Gasteiger partial charge on any atom is -0.310 e. The van der Waals surface area contributed by atoms with Crippen LogP contribution in [0.25, 0.3) is 72.0 Å². The zero-order chi connectivity index (χ0) is 41.7. The molecule has 0 saturated heterocycles. The third-order valence-electron chi connectivity index (χ3n) is 14.0. The van der Waals surface area contributed by atoms with Crippen LogP contribution in [0.15, 0.2) is 206 Å². The van der Waals surface area contributed by atoms with E-state index in [1.165, 1.54) is 94.3 Å². The van der Waals surface area contributed by atoms with Crippen LogP contribution in [0.4, 0.5) is 17.1 Å². The van der Waals surface area contributed by atoms with Crippen LogP contribution >= 0.6 is 0 Å². The molecule has 1 aromatic heterocycles. The number of rotatable bonds is 6. The molecule has 62 heavy (non-hydrogen) atoms. The molecule has 0 aliphatic heterocycles. The SMILES string of the molecule is CC1(C)c2ccccc2-c2ccc(N(c3ccc(-c4ccccc4)cc3)c3ccc4c(c3)C(C)(C)c3cccc(-c5cccc(-n6c7ccccc7c7ccccc76)c5)c3-4)cc21. The molecule has 0 saturated carbocycles. The highest BCUT2D eigenvalue weighted by Gasteiger charge is 2.39. The van der Waals surface area contributed by atoms with Crippen molar-refractivity contribution in [3.63, 3.8) is 0 Å². The average Bonchev–Trinajstić information content (AvgIpc) is 3.86. The van der Waals surface area contributed by atoms with Crippen LogP contribution in [0.1, 0.15) is 49.9 Å². The van der Waals surface area contributed by atoms with Crippen molar-refractivity contribution >= 4 is 38.9 Å². The molecule has 0 atom stereocenters. The molecule has 2 aliphatic rings. The zero-order valence-corrected chi connectivity index (χ0v) is 35.5. The molecule has 9 aromatic carbocycles. The monoisotopic (exact) mass is 794 g/mol. The predicted octanol–water partition coefficient (Wildman–Crippen LogP) is 16.2. The summed E-state index contributed by atoms with van der Waals surface area (Å²) in [5.41, 5.74) is 22.4. The molecule has 12 rings (SSSR count). The lowest BCUT2D eigenvalue weighted by Crippen LogP contribution is -2.18. The van der Waals surface area contributed by atoms with Crippen molar-refractivity contribution < 1.29 is 0 Å². The van der Waals surface area contributed by atoms with Gasteiger partial charge in [0.25, 0.3) is 0 Å². The van der Waals surface area contributed by atoms with Gasteiger partial charge in [-0.25, -0.2) is 0 Å². The molecule has 0 amide bonds. The van der Waals surface area contributed by atoms with Crippen molar-refractivity contribution in [3.05, 3.63) is 229 Å². The summed E-state index contributed by atoms with van der Waals surface area (Å²) in [6, 6.07) is 76.5. The van der Waals surface area contributed by atoms with Gasteiger partial charge in [0.05, 0.1) is 11.0 Å². The zero-order valence-electron chi connectivity index (χ0n) is 35.5. The van der Waals surface area contributed by atoms with Crippen LogP contribution in [0.5, 0.6) is 0 Å². The van der Waals surface area contributed by atoms with Crippen molar-refractivity contribution in [1.82, 2.24) is 4.57 Å². The van der Waals surface area contributed by atoms with Gasteiger partial charge in [-0.3, -0.25) is 0 Å². The summed E-state index contributed by atoms with van der Waals surface area (Å²) in [5.74, 6) is 0. The smallest absolute Gasteiger partial charge is 0.0541 e. The number of anilines is 3. The highest BCUT2D eigenvalue weighted by molar-refractivity contribution is 6.09. The predicted molar refractivity (Wildman–Crippen MR) is 261 cm³/mol. The van der Waals surface area contributed by atoms with Gasteiger partial charge in [-0.2, -0.15) is 0 Å². The Morgan fingerprint density at radius 2 is 0.839 bits per heavy atom. The Kier molecular flexibility index (Phi) is 7.96. The van der Waals surface area contributed by atoms with Crippen molar-refractivity contribution in [2.75, 3.05) is 4.90 Å². The maximum absolute atomic E-state index is 2.46. The summed E-state index contributed by atoms with van der Waals surface area (Å²) < 4.78 is 2.42. The maximum atomic E-state index is 2.46. The Morgan fingerprint density at radius 1 is 0.339 bits per heavy atom. The van der Waals surface area contributed by atoms with E-state index in [1.807, 2.05) is 0 Å². The Labute approximate surface area is 364 Å². The van der Waals surface area contributed by atoms with Crippen LogP contribution < -0.4 is 4.90 Å². The first-order valence-corrected chi connectivity index (χ1v) is 21.8. The van der Waals surface area contributed by atoms with E-state index >= 15 is 0 Å². The normalized spacial score (nSPS) is 14.1. The number of para-hydroxylation sites is 2. The van der Waals surface area contributed by atoms with Crippen LogP contribution in [-0.4, -0.2) is 4.57 Å². The molecule has 10 aromatic rings. The van der Waals surface area contributed by atoms with Crippen LogP contribution in [0, 0.1) is 0 Å². The highest BCUT2D eigenvalue weighted by atomic mass is 15.1. The maximum Gasteiger partial charge on any atom is 0.0541 e. The molecule has 0 unspecified atom stereocenters. The van der Waals surface area contributed by atoms with Crippen molar-refractivity contribution in [2.24, 2.45) is 0 Å². The lowest BCUT2D eigenvalue weighted by atomic mass is 9.81. The molecular formula is C60H46N2. The number of aromatic nitrogens is 1. The fourth-order valence-electron chi connectivity index (χ4n) is 10.9. The Morgan fingerprint density at radius 3 is 1.56 bits per heavy atom. The van der Waals surface area contributed by atoms with E-state index in [4.69, 9.17) is 0 Å². The summed E-state index contributed by atoms with van der Waals surface area (Å²) >= 11 is 0. The molecule has 2 nitrogen and oxygen atoms in total. The average molecular weight is 795 g/mol. The van der Waals surface area contributed by atoms with Crippen LogP contribution in [0.3, 0.4) is 0 Å². The molecular weight excluding hydrogens is 749 g/mol. The first-order valence-electron chi connectivity index (χ1n) is 21.8. The van der Waals surface area contributed by atoms with Gasteiger partial charge in [0.15, 0.2) is 0 Å². The lowest BCUT2D eigenvalue weighted by Gasteiger charge is -2.30. The topological polar surface area (TPSA) is 8.17 Å². The van der Waals surface area contributed by atoms with E-state index in [-0.39, 0.29) is 10.8 Å². The summed E-state index contributed by atoms with van der Waals surface area (Å²) in [5, 5.41) is 2.55. The van der Waals surface area contributed by atoms with E-state index in [0.717, 1.165) is 17.1 Å².